The molecule has 0 radical (unpaired) electrons. The lowest BCUT2D eigenvalue weighted by Gasteiger charge is -2.20. The van der Waals surface area contributed by atoms with Gasteiger partial charge in [0.25, 0.3) is 0 Å². The van der Waals surface area contributed by atoms with Crippen LogP contribution in [0.2, 0.25) is 0 Å². The van der Waals surface area contributed by atoms with Crippen LogP contribution in [0, 0.1) is 5.92 Å². The average molecular weight is 249 g/mol. The van der Waals surface area contributed by atoms with Crippen LogP contribution in [-0.2, 0) is 4.74 Å². The molecule has 4 nitrogen and oxygen atoms in total. The summed E-state index contributed by atoms with van der Waals surface area (Å²) in [5, 5.41) is 0. The van der Waals surface area contributed by atoms with Gasteiger partial charge >= 0.3 is 5.97 Å². The van der Waals surface area contributed by atoms with E-state index >= 15 is 0 Å². The maximum Gasteiger partial charge on any atom is 0.354 e. The molecule has 1 aliphatic carbocycles. The molecule has 1 N–H and O–H groups in total. The highest BCUT2D eigenvalue weighted by molar-refractivity contribution is 5.97. The first kappa shape index (κ1) is 12.9. The van der Waals surface area contributed by atoms with Gasteiger partial charge in [-0.2, -0.15) is 0 Å². The summed E-state index contributed by atoms with van der Waals surface area (Å²) in [6.07, 6.45) is 7.61. The van der Waals surface area contributed by atoms with Crippen LogP contribution in [-0.4, -0.2) is 23.3 Å². The molecule has 0 aliphatic heterocycles. The number of Topliss-reactive ketones (excluding diaryl/α,β-unsaturated/α-hetero) is 1. The monoisotopic (exact) mass is 249 g/mol. The number of aromatic nitrogens is 1. The highest BCUT2D eigenvalue weighted by Crippen LogP contribution is 2.23. The normalized spacial score (nSPS) is 16.5. The standard InChI is InChI=1S/C14H19NO3/c1-10(16)12-7-13(15-8-12)14(17)18-9-11-5-3-2-4-6-11/h7-8,11,15H,2-6,9H2,1H3. The van der Waals surface area contributed by atoms with Crippen LogP contribution in [0.25, 0.3) is 0 Å². The number of carbonyl (C=O) groups is 2. The van der Waals surface area contributed by atoms with Crippen LogP contribution in [0.5, 0.6) is 0 Å². The minimum absolute atomic E-state index is 0.0578. The number of hydrogen-bond donors (Lipinski definition) is 1. The summed E-state index contributed by atoms with van der Waals surface area (Å²) in [6, 6.07) is 1.55. The quantitative estimate of drug-likeness (QED) is 0.659. The maximum absolute atomic E-state index is 11.8. The Bertz CT molecular complexity index is 430. The van der Waals surface area contributed by atoms with Gasteiger partial charge in [0, 0.05) is 11.8 Å². The minimum Gasteiger partial charge on any atom is -0.461 e. The van der Waals surface area contributed by atoms with E-state index in [1.807, 2.05) is 0 Å². The van der Waals surface area contributed by atoms with Gasteiger partial charge < -0.3 is 9.72 Å². The van der Waals surface area contributed by atoms with Crippen molar-refractivity contribution in [1.82, 2.24) is 4.98 Å². The van der Waals surface area contributed by atoms with Crippen molar-refractivity contribution >= 4 is 11.8 Å². The zero-order valence-corrected chi connectivity index (χ0v) is 10.7. The van der Waals surface area contributed by atoms with Crippen molar-refractivity contribution in [1.29, 1.82) is 0 Å². The van der Waals surface area contributed by atoms with Gasteiger partial charge in [-0.25, -0.2) is 4.79 Å². The number of aromatic amines is 1. The van der Waals surface area contributed by atoms with Gasteiger partial charge in [0.2, 0.25) is 0 Å². The Balaban J connectivity index is 1.84. The lowest BCUT2D eigenvalue weighted by atomic mass is 9.90. The summed E-state index contributed by atoms with van der Waals surface area (Å²) in [4.78, 5) is 25.7. The SMILES string of the molecule is CC(=O)c1c[nH]c(C(=O)OCC2CCCCC2)c1. The summed E-state index contributed by atoms with van der Waals surface area (Å²) >= 11 is 0. The van der Waals surface area contributed by atoms with E-state index < -0.39 is 0 Å². The summed E-state index contributed by atoms with van der Waals surface area (Å²) in [5.41, 5.74) is 0.871. The van der Waals surface area contributed by atoms with Gasteiger partial charge in [-0.05, 0) is 31.7 Å². The van der Waals surface area contributed by atoms with Crippen LogP contribution in [0.4, 0.5) is 0 Å². The molecule has 0 atom stereocenters. The number of ether oxygens (including phenoxy) is 1. The Kier molecular flexibility index (Phi) is 4.18. The molecule has 1 fully saturated rings. The van der Waals surface area contributed by atoms with Crippen LogP contribution in [0.15, 0.2) is 12.3 Å². The largest absolute Gasteiger partial charge is 0.461 e. The third kappa shape index (κ3) is 3.22. The molecule has 1 heterocycles. The van der Waals surface area contributed by atoms with Gasteiger partial charge in [-0.1, -0.05) is 19.3 Å². The molecule has 2 rings (SSSR count). The predicted octanol–water partition coefficient (Wildman–Crippen LogP) is 2.95. The topological polar surface area (TPSA) is 59.2 Å². The molecule has 4 heteroatoms. The van der Waals surface area contributed by atoms with Crippen molar-refractivity contribution in [2.75, 3.05) is 6.61 Å². The van der Waals surface area contributed by atoms with Crippen molar-refractivity contribution in [3.8, 4) is 0 Å². The molecule has 98 valence electrons. The van der Waals surface area contributed by atoms with Crippen LogP contribution in [0.1, 0.15) is 59.9 Å². The summed E-state index contributed by atoms with van der Waals surface area (Å²) in [7, 11) is 0. The Labute approximate surface area is 107 Å². The van der Waals surface area contributed by atoms with Gasteiger partial charge in [0.15, 0.2) is 5.78 Å². The lowest BCUT2D eigenvalue weighted by Crippen LogP contribution is -2.17. The summed E-state index contributed by atoms with van der Waals surface area (Å²) in [5.74, 6) is 0.0793. The van der Waals surface area contributed by atoms with E-state index in [4.69, 9.17) is 4.74 Å². The number of H-pyrrole nitrogens is 1. The van der Waals surface area contributed by atoms with E-state index in [9.17, 15) is 9.59 Å². The Morgan fingerprint density at radius 1 is 1.33 bits per heavy atom. The van der Waals surface area contributed by atoms with Gasteiger partial charge in [-0.15, -0.1) is 0 Å². The Morgan fingerprint density at radius 2 is 2.06 bits per heavy atom. The maximum atomic E-state index is 11.8. The van der Waals surface area contributed by atoms with Crippen LogP contribution < -0.4 is 0 Å². The molecular weight excluding hydrogens is 230 g/mol. The first-order valence-corrected chi connectivity index (χ1v) is 6.53. The average Bonchev–Trinajstić information content (AvgIpc) is 2.87. The van der Waals surface area contributed by atoms with E-state index in [1.165, 1.54) is 26.2 Å². The molecule has 1 aromatic rings. The molecule has 1 saturated carbocycles. The van der Waals surface area contributed by atoms with E-state index in [0.717, 1.165) is 12.8 Å². The number of carbonyl (C=O) groups excluding carboxylic acids is 2. The van der Waals surface area contributed by atoms with E-state index in [1.54, 1.807) is 12.3 Å². The van der Waals surface area contributed by atoms with Crippen molar-refractivity contribution in [3.05, 3.63) is 23.5 Å². The molecule has 0 amide bonds. The van der Waals surface area contributed by atoms with Gasteiger partial charge in [0.05, 0.1) is 6.61 Å². The molecule has 1 aromatic heterocycles. The second-order valence-electron chi connectivity index (χ2n) is 4.96. The second kappa shape index (κ2) is 5.85. The highest BCUT2D eigenvalue weighted by Gasteiger charge is 2.17. The molecule has 0 saturated heterocycles. The highest BCUT2D eigenvalue weighted by atomic mass is 16.5. The fourth-order valence-electron chi connectivity index (χ4n) is 2.34. The van der Waals surface area contributed by atoms with Gasteiger partial charge in [0.1, 0.15) is 5.69 Å². The molecule has 0 aromatic carbocycles. The smallest absolute Gasteiger partial charge is 0.354 e. The predicted molar refractivity (Wildman–Crippen MR) is 67.7 cm³/mol. The molecular formula is C14H19NO3. The van der Waals surface area contributed by atoms with Crippen molar-refractivity contribution in [2.45, 2.75) is 39.0 Å². The Hall–Kier alpha value is -1.58. The van der Waals surface area contributed by atoms with Crippen LogP contribution in [0.3, 0.4) is 0 Å². The zero-order chi connectivity index (χ0) is 13.0. The first-order valence-electron chi connectivity index (χ1n) is 6.53. The minimum atomic E-state index is -0.368. The fraction of sp³-hybridized carbons (Fsp3) is 0.571. The third-order valence-electron chi connectivity index (χ3n) is 3.48. The fourth-order valence-corrected chi connectivity index (χ4v) is 2.34. The van der Waals surface area contributed by atoms with Crippen molar-refractivity contribution in [3.63, 3.8) is 0 Å². The van der Waals surface area contributed by atoms with Crippen molar-refractivity contribution < 1.29 is 14.3 Å². The Morgan fingerprint density at radius 3 is 2.67 bits per heavy atom. The molecule has 0 bridgehead atoms. The van der Waals surface area contributed by atoms with Crippen molar-refractivity contribution in [2.24, 2.45) is 5.92 Å². The third-order valence-corrected chi connectivity index (χ3v) is 3.48. The number of rotatable bonds is 4. The van der Waals surface area contributed by atoms with E-state index in [0.29, 0.717) is 23.8 Å². The first-order chi connectivity index (χ1) is 8.66. The lowest BCUT2D eigenvalue weighted by molar-refractivity contribution is 0.0404. The zero-order valence-electron chi connectivity index (χ0n) is 10.7. The van der Waals surface area contributed by atoms with E-state index in [2.05, 4.69) is 4.98 Å². The second-order valence-corrected chi connectivity index (χ2v) is 4.96. The van der Waals surface area contributed by atoms with Gasteiger partial charge in [-0.3, -0.25) is 4.79 Å². The molecule has 18 heavy (non-hydrogen) atoms. The molecule has 0 unspecified atom stereocenters. The summed E-state index contributed by atoms with van der Waals surface area (Å²) < 4.78 is 5.28. The van der Waals surface area contributed by atoms with E-state index in [-0.39, 0.29) is 11.8 Å². The molecule has 1 aliphatic rings. The number of nitrogens with one attached hydrogen (secondary N) is 1. The number of hydrogen-bond acceptors (Lipinski definition) is 3. The number of esters is 1. The number of ketones is 1. The van der Waals surface area contributed by atoms with Crippen LogP contribution >= 0.6 is 0 Å². The molecule has 0 spiro atoms. The summed E-state index contributed by atoms with van der Waals surface area (Å²) in [6.45, 7) is 1.97.